The van der Waals surface area contributed by atoms with Crippen LogP contribution in [0, 0.1) is 22.7 Å². The summed E-state index contributed by atoms with van der Waals surface area (Å²) < 4.78 is 98.1. The van der Waals surface area contributed by atoms with Gasteiger partial charge in [0.2, 0.25) is 20.0 Å². The lowest BCUT2D eigenvalue weighted by Crippen LogP contribution is -2.51. The molecule has 4 aromatic carbocycles. The largest absolute Gasteiger partial charge is 0.489 e. The van der Waals surface area contributed by atoms with Gasteiger partial charge in [0.25, 0.3) is 0 Å². The van der Waals surface area contributed by atoms with Crippen LogP contribution < -0.4 is 18.9 Å². The van der Waals surface area contributed by atoms with E-state index in [1.165, 1.54) is 0 Å². The van der Waals surface area contributed by atoms with Gasteiger partial charge in [-0.1, -0.05) is 73.5 Å². The van der Waals surface area contributed by atoms with Gasteiger partial charge in [-0.3, -0.25) is 0 Å². The zero-order valence-electron chi connectivity index (χ0n) is 34.5. The van der Waals surface area contributed by atoms with Gasteiger partial charge in [-0.2, -0.15) is 10.5 Å². The average molecular weight is 861 g/mol. The predicted molar refractivity (Wildman–Crippen MR) is 228 cm³/mol. The number of alkyl halides is 2. The first-order valence-corrected chi connectivity index (χ1v) is 23.4. The van der Waals surface area contributed by atoms with Crippen LogP contribution in [0.1, 0.15) is 112 Å². The van der Waals surface area contributed by atoms with Gasteiger partial charge < -0.3 is 9.47 Å². The van der Waals surface area contributed by atoms with E-state index in [0.29, 0.717) is 59.4 Å². The second-order valence-electron chi connectivity index (χ2n) is 15.9. The predicted octanol–water partition coefficient (Wildman–Crippen LogP) is 9.14. The highest BCUT2D eigenvalue weighted by molar-refractivity contribution is 7.90. The minimum atomic E-state index is -3.57. The molecular weight excluding hydrogens is 807 g/mol. The summed E-state index contributed by atoms with van der Waals surface area (Å²) in [6.45, 7) is 6.81. The third-order valence-electron chi connectivity index (χ3n) is 11.3. The Bertz CT molecular complexity index is 2200. The second-order valence-corrected chi connectivity index (χ2v) is 20.4. The topological polar surface area (TPSA) is 158 Å². The van der Waals surface area contributed by atoms with Crippen molar-refractivity contribution >= 4 is 20.0 Å². The lowest BCUT2D eigenvalue weighted by atomic mass is 9.77. The van der Waals surface area contributed by atoms with Crippen molar-refractivity contribution in [3.63, 3.8) is 0 Å². The van der Waals surface area contributed by atoms with Crippen molar-refractivity contribution in [3.05, 3.63) is 130 Å². The van der Waals surface area contributed by atoms with E-state index in [4.69, 9.17) is 20.0 Å². The molecule has 6 rings (SSSR count). The van der Waals surface area contributed by atoms with Gasteiger partial charge in [0.15, 0.2) is 11.3 Å². The third-order valence-corrected chi connectivity index (χ3v) is 15.0. The lowest BCUT2D eigenvalue weighted by Gasteiger charge is -2.38. The molecule has 2 aliphatic rings. The van der Waals surface area contributed by atoms with E-state index in [9.17, 15) is 16.8 Å². The van der Waals surface area contributed by atoms with Gasteiger partial charge in [-0.25, -0.2) is 35.1 Å². The molecule has 0 spiro atoms. The van der Waals surface area contributed by atoms with Crippen molar-refractivity contribution in [2.45, 2.75) is 126 Å². The van der Waals surface area contributed by atoms with Crippen LogP contribution in [0.4, 0.5) is 8.78 Å². The first-order valence-electron chi connectivity index (χ1n) is 20.3. The number of benzene rings is 4. The van der Waals surface area contributed by atoms with E-state index >= 15 is 8.78 Å². The molecular formula is C46H54F2N4O6S2. The maximum atomic E-state index is 16.0. The van der Waals surface area contributed by atoms with Gasteiger partial charge in [0, 0.05) is 11.1 Å². The Hall–Kier alpha value is -4.86. The van der Waals surface area contributed by atoms with E-state index in [2.05, 4.69) is 21.6 Å². The molecule has 2 saturated carbocycles. The van der Waals surface area contributed by atoms with Crippen molar-refractivity contribution in [2.75, 3.05) is 0 Å². The molecule has 10 nitrogen and oxygen atoms in total. The Morgan fingerprint density at radius 1 is 0.600 bits per heavy atom. The van der Waals surface area contributed by atoms with Gasteiger partial charge in [0.1, 0.15) is 24.7 Å². The van der Waals surface area contributed by atoms with Crippen molar-refractivity contribution in [1.29, 1.82) is 10.5 Å². The molecule has 2 N–H and O–H groups in total. The number of nitrogens with one attached hydrogen (secondary N) is 2. The normalized spacial score (nSPS) is 21.9. The van der Waals surface area contributed by atoms with E-state index < -0.39 is 54.0 Å². The molecule has 60 heavy (non-hydrogen) atoms. The molecule has 0 saturated heterocycles. The Morgan fingerprint density at radius 3 is 1.28 bits per heavy atom. The monoisotopic (exact) mass is 860 g/mol. The van der Waals surface area contributed by atoms with Crippen LogP contribution in [-0.2, 0) is 44.6 Å². The van der Waals surface area contributed by atoms with Crippen molar-refractivity contribution in [1.82, 2.24) is 9.44 Å². The van der Waals surface area contributed by atoms with Gasteiger partial charge in [-0.05, 0) is 114 Å². The summed E-state index contributed by atoms with van der Waals surface area (Å²) in [5.41, 5.74) is 0.0478. The van der Waals surface area contributed by atoms with Crippen LogP contribution >= 0.6 is 0 Å². The van der Waals surface area contributed by atoms with Crippen LogP contribution in [0.25, 0.3) is 0 Å². The maximum absolute atomic E-state index is 16.0. The van der Waals surface area contributed by atoms with Crippen LogP contribution in [0.15, 0.2) is 97.1 Å². The van der Waals surface area contributed by atoms with Crippen LogP contribution in [0.5, 0.6) is 11.5 Å². The first-order chi connectivity index (χ1) is 28.5. The summed E-state index contributed by atoms with van der Waals surface area (Å²) in [6.07, 6.45) is 4.46. The molecule has 0 aromatic heterocycles. The maximum Gasteiger partial charge on any atom is 0.214 e. The number of halogens is 2. The molecule has 2 aliphatic carbocycles. The number of rotatable bonds is 14. The number of nitrogens with zero attached hydrogens (tertiary/aromatic N) is 2. The molecule has 0 aliphatic heterocycles. The van der Waals surface area contributed by atoms with Gasteiger partial charge >= 0.3 is 0 Å². The highest BCUT2D eigenvalue weighted by Gasteiger charge is 2.46. The van der Waals surface area contributed by atoms with Gasteiger partial charge in [0.05, 0.1) is 45.8 Å². The summed E-state index contributed by atoms with van der Waals surface area (Å²) in [5.74, 6) is 1.12. The minimum Gasteiger partial charge on any atom is -0.489 e. The molecule has 0 unspecified atom stereocenters. The van der Waals surface area contributed by atoms with Crippen molar-refractivity contribution in [3.8, 4) is 23.6 Å². The van der Waals surface area contributed by atoms with Crippen LogP contribution in [0.2, 0.25) is 0 Å². The molecule has 0 bridgehead atoms. The molecule has 0 amide bonds. The zero-order valence-corrected chi connectivity index (χ0v) is 36.2. The van der Waals surface area contributed by atoms with Crippen molar-refractivity contribution < 1.29 is 35.1 Å². The summed E-state index contributed by atoms with van der Waals surface area (Å²) in [7, 11) is -7.14. The SMILES string of the molecule is CC(C)S(=O)(=O)N[C@H]1CCCC[C@@]1(F)c1ccc(OCc2ccccc2C#N)cc1.CC(C)S(=O)(=O)N[C@H]1CCCC[C@]1(F)c1ccc(OCc2ccccc2C#N)cc1. The van der Waals surface area contributed by atoms with E-state index in [0.717, 1.165) is 24.0 Å². The van der Waals surface area contributed by atoms with Crippen LogP contribution in [-0.4, -0.2) is 39.4 Å². The highest BCUT2D eigenvalue weighted by Crippen LogP contribution is 2.43. The molecule has 14 heteroatoms. The van der Waals surface area contributed by atoms with Crippen molar-refractivity contribution in [2.24, 2.45) is 0 Å². The molecule has 4 aromatic rings. The van der Waals surface area contributed by atoms with E-state index in [-0.39, 0.29) is 26.1 Å². The molecule has 0 heterocycles. The molecule has 4 atom stereocenters. The Morgan fingerprint density at radius 2 is 0.950 bits per heavy atom. The minimum absolute atomic E-state index is 0.237. The van der Waals surface area contributed by atoms with Crippen LogP contribution in [0.3, 0.4) is 0 Å². The van der Waals surface area contributed by atoms with E-state index in [1.807, 2.05) is 24.3 Å². The molecule has 320 valence electrons. The highest BCUT2D eigenvalue weighted by atomic mass is 32.2. The first kappa shape index (κ1) is 46.2. The standard InChI is InChI=1S/2C23H27FN2O3S/c2*1-17(2)30(27,28)26-22-9-5-6-14-23(22,24)20-10-12-21(13-11-20)29-16-19-8-4-3-7-18(19)15-25/h2*3-4,7-8,10-13,17,22,26H,5-6,9,14,16H2,1-2H3/t22-,23+;22-,23-/m00/s1. The number of hydrogen-bond donors (Lipinski definition) is 2. The number of hydrogen-bond acceptors (Lipinski definition) is 8. The Kier molecular flexibility index (Phi) is 15.5. The number of nitriles is 2. The fraction of sp³-hybridized carbons (Fsp3) is 0.435. The summed E-state index contributed by atoms with van der Waals surface area (Å²) in [6, 6.07) is 30.5. The third kappa shape index (κ3) is 11.3. The quantitative estimate of drug-likeness (QED) is 0.127. The fourth-order valence-electron chi connectivity index (χ4n) is 7.42. The Labute approximate surface area is 354 Å². The lowest BCUT2D eigenvalue weighted by molar-refractivity contribution is 0.0711. The Balaban J connectivity index is 0.000000228. The molecule has 0 radical (unpaired) electrons. The number of sulfonamides is 2. The summed E-state index contributed by atoms with van der Waals surface area (Å²) in [5, 5.41) is 17.1. The summed E-state index contributed by atoms with van der Waals surface area (Å²) >= 11 is 0. The van der Waals surface area contributed by atoms with E-state index in [1.54, 1.807) is 100 Å². The second kappa shape index (κ2) is 20.1. The summed E-state index contributed by atoms with van der Waals surface area (Å²) in [4.78, 5) is 0. The molecule has 2 fully saturated rings. The zero-order chi connectivity index (χ0) is 43.6. The van der Waals surface area contributed by atoms with Gasteiger partial charge in [-0.15, -0.1) is 0 Å². The average Bonchev–Trinajstić information content (AvgIpc) is 3.24. The number of ether oxygens (including phenoxy) is 2. The smallest absolute Gasteiger partial charge is 0.214 e. The fourth-order valence-corrected chi connectivity index (χ4v) is 9.37.